The van der Waals surface area contributed by atoms with Crippen molar-refractivity contribution in [3.8, 4) is 0 Å². The van der Waals surface area contributed by atoms with Crippen molar-refractivity contribution in [3.63, 3.8) is 0 Å². The number of hydrogen-bond donors (Lipinski definition) is 0. The zero-order valence-corrected chi connectivity index (χ0v) is 9.44. The third kappa shape index (κ3) is 1.62. The van der Waals surface area contributed by atoms with Crippen molar-refractivity contribution in [2.24, 2.45) is 0 Å². The maximum Gasteiger partial charge on any atom is 0.340 e. The van der Waals surface area contributed by atoms with E-state index < -0.39 is 0 Å². The van der Waals surface area contributed by atoms with Crippen LogP contribution >= 0.6 is 0 Å². The minimum absolute atomic E-state index is 0.372. The smallest absolute Gasteiger partial charge is 0.340 e. The molecule has 0 saturated carbocycles. The molecular weight excluding hydrogens is 204 g/mol. The second-order valence-corrected chi connectivity index (χ2v) is 3.55. The summed E-state index contributed by atoms with van der Waals surface area (Å²) in [4.78, 5) is 20.1. The number of hydrogen-bond acceptors (Lipinski definition) is 4. The van der Waals surface area contributed by atoms with Gasteiger partial charge in [0.1, 0.15) is 5.82 Å². The quantitative estimate of drug-likeness (QED) is 0.684. The number of rotatable bonds is 1. The molecule has 0 radical (unpaired) electrons. The van der Waals surface area contributed by atoms with Crippen LogP contribution in [-0.2, 0) is 4.74 Å². The molecular formula is C12H12N2O2. The Morgan fingerprint density at radius 2 is 2.00 bits per heavy atom. The van der Waals surface area contributed by atoms with Crippen molar-refractivity contribution in [2.45, 2.75) is 13.8 Å². The number of esters is 1. The molecule has 0 amide bonds. The van der Waals surface area contributed by atoms with Crippen LogP contribution in [-0.4, -0.2) is 23.0 Å². The Kier molecular flexibility index (Phi) is 2.56. The van der Waals surface area contributed by atoms with Crippen LogP contribution < -0.4 is 0 Å². The molecule has 82 valence electrons. The summed E-state index contributed by atoms with van der Waals surface area (Å²) in [5.41, 5.74) is 2.00. The van der Waals surface area contributed by atoms with Crippen molar-refractivity contribution in [1.82, 2.24) is 9.97 Å². The number of aryl methyl sites for hydroxylation is 2. The van der Waals surface area contributed by atoms with Gasteiger partial charge in [0.15, 0.2) is 0 Å². The van der Waals surface area contributed by atoms with Crippen LogP contribution in [0.1, 0.15) is 21.9 Å². The number of para-hydroxylation sites is 1. The molecule has 1 heterocycles. The highest BCUT2D eigenvalue weighted by atomic mass is 16.5. The Morgan fingerprint density at radius 1 is 1.25 bits per heavy atom. The second kappa shape index (κ2) is 3.89. The van der Waals surface area contributed by atoms with E-state index >= 15 is 0 Å². The molecule has 0 aliphatic carbocycles. The third-order valence-corrected chi connectivity index (χ3v) is 2.43. The van der Waals surface area contributed by atoms with Crippen LogP contribution in [0.5, 0.6) is 0 Å². The van der Waals surface area contributed by atoms with Crippen LogP contribution in [0.3, 0.4) is 0 Å². The number of benzene rings is 1. The van der Waals surface area contributed by atoms with Crippen molar-refractivity contribution in [2.75, 3.05) is 7.11 Å². The van der Waals surface area contributed by atoms with Gasteiger partial charge in [0.05, 0.1) is 18.2 Å². The Balaban J connectivity index is 2.81. The molecule has 0 bridgehead atoms. The summed E-state index contributed by atoms with van der Waals surface area (Å²) in [7, 11) is 1.36. The highest BCUT2D eigenvalue weighted by Crippen LogP contribution is 2.19. The Hall–Kier alpha value is -1.97. The van der Waals surface area contributed by atoms with Gasteiger partial charge in [-0.25, -0.2) is 14.8 Å². The highest BCUT2D eigenvalue weighted by Gasteiger charge is 2.12. The first-order valence-electron chi connectivity index (χ1n) is 4.95. The maximum absolute atomic E-state index is 11.6. The number of methoxy groups -OCH3 is 1. The molecule has 0 unspecified atom stereocenters. The van der Waals surface area contributed by atoms with Gasteiger partial charge in [-0.2, -0.15) is 0 Å². The highest BCUT2D eigenvalue weighted by molar-refractivity contribution is 6.03. The van der Waals surface area contributed by atoms with E-state index in [-0.39, 0.29) is 5.97 Å². The van der Waals surface area contributed by atoms with Gasteiger partial charge in [0, 0.05) is 11.1 Å². The molecule has 0 fully saturated rings. The van der Waals surface area contributed by atoms with Gasteiger partial charge in [0.25, 0.3) is 0 Å². The predicted molar refractivity (Wildman–Crippen MR) is 60.4 cm³/mol. The fraction of sp³-hybridized carbons (Fsp3) is 0.250. The summed E-state index contributed by atoms with van der Waals surface area (Å²) in [6, 6.07) is 5.41. The summed E-state index contributed by atoms with van der Waals surface area (Å²) in [6.07, 6.45) is 0. The SMILES string of the molecule is COC(=O)c1cccc2c(C)nc(C)nc12. The monoisotopic (exact) mass is 216 g/mol. The summed E-state index contributed by atoms with van der Waals surface area (Å²) >= 11 is 0. The number of ether oxygens (including phenoxy) is 1. The lowest BCUT2D eigenvalue weighted by molar-refractivity contribution is 0.0603. The fourth-order valence-corrected chi connectivity index (χ4v) is 1.72. The minimum atomic E-state index is -0.372. The Labute approximate surface area is 93.3 Å². The van der Waals surface area contributed by atoms with Gasteiger partial charge in [-0.15, -0.1) is 0 Å². The number of carbonyl (C=O) groups excluding carboxylic acids is 1. The largest absolute Gasteiger partial charge is 0.465 e. The fourth-order valence-electron chi connectivity index (χ4n) is 1.72. The predicted octanol–water partition coefficient (Wildman–Crippen LogP) is 2.03. The maximum atomic E-state index is 11.6. The van der Waals surface area contributed by atoms with Crippen molar-refractivity contribution in [3.05, 3.63) is 35.3 Å². The van der Waals surface area contributed by atoms with Crippen LogP contribution in [0.4, 0.5) is 0 Å². The summed E-state index contributed by atoms with van der Waals surface area (Å²) in [5, 5.41) is 0.883. The topological polar surface area (TPSA) is 52.1 Å². The first-order valence-corrected chi connectivity index (χ1v) is 4.95. The van der Waals surface area contributed by atoms with Crippen LogP contribution in [0.25, 0.3) is 10.9 Å². The van der Waals surface area contributed by atoms with E-state index in [0.717, 1.165) is 11.1 Å². The van der Waals surface area contributed by atoms with E-state index in [9.17, 15) is 4.79 Å². The summed E-state index contributed by atoms with van der Waals surface area (Å²) in [6.45, 7) is 3.71. The Bertz CT molecular complexity index is 564. The normalized spacial score (nSPS) is 10.4. The number of nitrogens with zero attached hydrogens (tertiary/aromatic N) is 2. The lowest BCUT2D eigenvalue weighted by Gasteiger charge is -2.06. The molecule has 1 aromatic carbocycles. The first kappa shape index (κ1) is 10.5. The first-order chi connectivity index (χ1) is 7.63. The lowest BCUT2D eigenvalue weighted by Crippen LogP contribution is -2.04. The van der Waals surface area contributed by atoms with E-state index in [4.69, 9.17) is 4.74 Å². The minimum Gasteiger partial charge on any atom is -0.465 e. The van der Waals surface area contributed by atoms with Crippen molar-refractivity contribution >= 4 is 16.9 Å². The van der Waals surface area contributed by atoms with E-state index in [1.165, 1.54) is 7.11 Å². The molecule has 0 spiro atoms. The third-order valence-electron chi connectivity index (χ3n) is 2.43. The van der Waals surface area contributed by atoms with Gasteiger partial charge in [0.2, 0.25) is 0 Å². The summed E-state index contributed by atoms with van der Waals surface area (Å²) in [5.74, 6) is 0.282. The van der Waals surface area contributed by atoms with E-state index in [1.54, 1.807) is 19.1 Å². The second-order valence-electron chi connectivity index (χ2n) is 3.55. The molecule has 0 aliphatic rings. The molecule has 0 aliphatic heterocycles. The van der Waals surface area contributed by atoms with Crippen LogP contribution in [0.15, 0.2) is 18.2 Å². The van der Waals surface area contributed by atoms with Gasteiger partial charge in [-0.1, -0.05) is 12.1 Å². The molecule has 2 aromatic rings. The average Bonchev–Trinajstić information content (AvgIpc) is 2.27. The van der Waals surface area contributed by atoms with E-state index in [0.29, 0.717) is 16.9 Å². The number of fused-ring (bicyclic) bond motifs is 1. The zero-order chi connectivity index (χ0) is 11.7. The molecule has 4 nitrogen and oxygen atoms in total. The molecule has 0 atom stereocenters. The van der Waals surface area contributed by atoms with Crippen molar-refractivity contribution in [1.29, 1.82) is 0 Å². The van der Waals surface area contributed by atoms with Gasteiger partial charge in [-0.05, 0) is 19.9 Å². The lowest BCUT2D eigenvalue weighted by atomic mass is 10.1. The summed E-state index contributed by atoms with van der Waals surface area (Å²) < 4.78 is 4.72. The van der Waals surface area contributed by atoms with Crippen LogP contribution in [0.2, 0.25) is 0 Å². The number of carbonyl (C=O) groups is 1. The van der Waals surface area contributed by atoms with Gasteiger partial charge in [-0.3, -0.25) is 0 Å². The molecule has 0 N–H and O–H groups in total. The standard InChI is InChI=1S/C12H12N2O2/c1-7-9-5-4-6-10(12(15)16-3)11(9)14-8(2)13-7/h4-6H,1-3H3. The molecule has 0 saturated heterocycles. The van der Waals surface area contributed by atoms with E-state index in [2.05, 4.69) is 9.97 Å². The zero-order valence-electron chi connectivity index (χ0n) is 9.44. The van der Waals surface area contributed by atoms with Crippen LogP contribution in [0, 0.1) is 13.8 Å². The average molecular weight is 216 g/mol. The molecule has 1 aromatic heterocycles. The van der Waals surface area contributed by atoms with Gasteiger partial charge < -0.3 is 4.74 Å². The molecule has 16 heavy (non-hydrogen) atoms. The van der Waals surface area contributed by atoms with E-state index in [1.807, 2.05) is 13.0 Å². The molecule has 2 rings (SSSR count). The van der Waals surface area contributed by atoms with Crippen molar-refractivity contribution < 1.29 is 9.53 Å². The molecule has 4 heteroatoms. The number of aromatic nitrogens is 2. The Morgan fingerprint density at radius 3 is 2.69 bits per heavy atom. The van der Waals surface area contributed by atoms with Gasteiger partial charge >= 0.3 is 5.97 Å².